The SMILES string of the molecule is CCC1CCCN1C(C)CC(C)(CO)NC1CC1. The van der Waals surface area contributed by atoms with E-state index in [9.17, 15) is 5.11 Å². The minimum atomic E-state index is -0.0958. The molecule has 2 rings (SSSR count). The lowest BCUT2D eigenvalue weighted by Crippen LogP contribution is -2.52. The van der Waals surface area contributed by atoms with Gasteiger partial charge in [-0.15, -0.1) is 0 Å². The fourth-order valence-corrected chi connectivity index (χ4v) is 3.54. The summed E-state index contributed by atoms with van der Waals surface area (Å²) in [5.41, 5.74) is -0.0958. The van der Waals surface area contributed by atoms with Crippen LogP contribution in [0.25, 0.3) is 0 Å². The van der Waals surface area contributed by atoms with Gasteiger partial charge in [0.25, 0.3) is 0 Å². The number of likely N-dealkylation sites (tertiary alicyclic amines) is 1. The fraction of sp³-hybridized carbons (Fsp3) is 1.00. The van der Waals surface area contributed by atoms with Crippen molar-refractivity contribution in [3.05, 3.63) is 0 Å². The summed E-state index contributed by atoms with van der Waals surface area (Å²) in [5, 5.41) is 13.3. The van der Waals surface area contributed by atoms with Crippen LogP contribution in [0.3, 0.4) is 0 Å². The smallest absolute Gasteiger partial charge is 0.0611 e. The summed E-state index contributed by atoms with van der Waals surface area (Å²) in [6.07, 6.45) is 7.57. The Morgan fingerprint density at radius 3 is 2.67 bits per heavy atom. The Balaban J connectivity index is 1.89. The molecule has 0 aromatic rings. The minimum absolute atomic E-state index is 0.0958. The van der Waals surface area contributed by atoms with Crippen molar-refractivity contribution >= 4 is 0 Å². The van der Waals surface area contributed by atoms with E-state index < -0.39 is 0 Å². The molecule has 1 saturated heterocycles. The van der Waals surface area contributed by atoms with Crippen LogP contribution in [0.4, 0.5) is 0 Å². The fourth-order valence-electron chi connectivity index (χ4n) is 3.54. The molecule has 1 aliphatic carbocycles. The van der Waals surface area contributed by atoms with Crippen molar-refractivity contribution in [1.29, 1.82) is 0 Å². The third kappa shape index (κ3) is 3.46. The van der Waals surface area contributed by atoms with Crippen LogP contribution in [0, 0.1) is 0 Å². The highest BCUT2D eigenvalue weighted by Crippen LogP contribution is 2.29. The van der Waals surface area contributed by atoms with Gasteiger partial charge in [0.05, 0.1) is 6.61 Å². The van der Waals surface area contributed by atoms with Crippen molar-refractivity contribution in [2.24, 2.45) is 0 Å². The van der Waals surface area contributed by atoms with Gasteiger partial charge in [-0.25, -0.2) is 0 Å². The van der Waals surface area contributed by atoms with Crippen molar-refractivity contribution in [2.75, 3.05) is 13.2 Å². The molecule has 2 aliphatic rings. The van der Waals surface area contributed by atoms with Crippen LogP contribution >= 0.6 is 0 Å². The second-order valence-corrected chi connectivity index (χ2v) is 6.63. The Morgan fingerprint density at radius 2 is 2.11 bits per heavy atom. The van der Waals surface area contributed by atoms with E-state index >= 15 is 0 Å². The van der Waals surface area contributed by atoms with E-state index in [1.54, 1.807) is 0 Å². The second kappa shape index (κ2) is 5.89. The van der Waals surface area contributed by atoms with Gasteiger partial charge in [-0.05, 0) is 58.9 Å². The Kier molecular flexibility index (Phi) is 4.68. The third-order valence-corrected chi connectivity index (χ3v) is 4.68. The lowest BCUT2D eigenvalue weighted by Gasteiger charge is -2.37. The second-order valence-electron chi connectivity index (χ2n) is 6.63. The summed E-state index contributed by atoms with van der Waals surface area (Å²) in [6.45, 7) is 8.29. The average molecular weight is 254 g/mol. The van der Waals surface area contributed by atoms with E-state index in [0.29, 0.717) is 12.1 Å². The summed E-state index contributed by atoms with van der Waals surface area (Å²) in [5.74, 6) is 0. The number of hydrogen-bond acceptors (Lipinski definition) is 3. The maximum absolute atomic E-state index is 9.70. The van der Waals surface area contributed by atoms with Gasteiger partial charge < -0.3 is 10.4 Å². The topological polar surface area (TPSA) is 35.5 Å². The Labute approximate surface area is 112 Å². The molecule has 0 bridgehead atoms. The molecule has 0 aromatic carbocycles. The Hall–Kier alpha value is -0.120. The van der Waals surface area contributed by atoms with E-state index in [1.165, 1.54) is 38.6 Å². The summed E-state index contributed by atoms with van der Waals surface area (Å²) in [6, 6.07) is 2.00. The van der Waals surface area contributed by atoms with Crippen LogP contribution in [0.2, 0.25) is 0 Å². The van der Waals surface area contributed by atoms with Crippen molar-refractivity contribution in [3.8, 4) is 0 Å². The molecule has 3 unspecified atom stereocenters. The van der Waals surface area contributed by atoms with Crippen LogP contribution < -0.4 is 5.32 Å². The molecule has 18 heavy (non-hydrogen) atoms. The Morgan fingerprint density at radius 1 is 1.39 bits per heavy atom. The van der Waals surface area contributed by atoms with Crippen molar-refractivity contribution in [3.63, 3.8) is 0 Å². The molecule has 2 N–H and O–H groups in total. The van der Waals surface area contributed by atoms with Crippen LogP contribution in [0.5, 0.6) is 0 Å². The van der Waals surface area contributed by atoms with Crippen LogP contribution in [-0.2, 0) is 0 Å². The van der Waals surface area contributed by atoms with Crippen LogP contribution in [0.1, 0.15) is 59.3 Å². The molecule has 3 nitrogen and oxygen atoms in total. The van der Waals surface area contributed by atoms with Gasteiger partial charge in [-0.3, -0.25) is 4.90 Å². The minimum Gasteiger partial charge on any atom is -0.394 e. The number of nitrogens with zero attached hydrogens (tertiary/aromatic N) is 1. The number of aliphatic hydroxyl groups excluding tert-OH is 1. The number of hydrogen-bond donors (Lipinski definition) is 2. The zero-order valence-corrected chi connectivity index (χ0v) is 12.3. The van der Waals surface area contributed by atoms with Crippen molar-refractivity contribution < 1.29 is 5.11 Å². The van der Waals surface area contributed by atoms with Gasteiger partial charge in [-0.2, -0.15) is 0 Å². The summed E-state index contributed by atoms with van der Waals surface area (Å²) in [7, 11) is 0. The van der Waals surface area contributed by atoms with Crippen molar-refractivity contribution in [1.82, 2.24) is 10.2 Å². The third-order valence-electron chi connectivity index (χ3n) is 4.68. The van der Waals surface area contributed by atoms with Gasteiger partial charge in [0.15, 0.2) is 0 Å². The first-order valence-corrected chi connectivity index (χ1v) is 7.72. The zero-order chi connectivity index (χ0) is 13.2. The van der Waals surface area contributed by atoms with Crippen molar-refractivity contribution in [2.45, 2.75) is 83.0 Å². The van der Waals surface area contributed by atoms with E-state index in [0.717, 1.165) is 12.5 Å². The lowest BCUT2D eigenvalue weighted by atomic mass is 9.93. The Bertz CT molecular complexity index is 267. The first kappa shape index (κ1) is 14.3. The number of nitrogens with one attached hydrogen (secondary N) is 1. The zero-order valence-electron chi connectivity index (χ0n) is 12.3. The average Bonchev–Trinajstić information content (AvgIpc) is 3.01. The van der Waals surface area contributed by atoms with Crippen LogP contribution in [-0.4, -0.2) is 46.8 Å². The normalized spacial score (nSPS) is 30.3. The molecule has 3 atom stereocenters. The predicted molar refractivity (Wildman–Crippen MR) is 75.7 cm³/mol. The molecule has 1 saturated carbocycles. The van der Waals surface area contributed by atoms with E-state index in [2.05, 4.69) is 31.0 Å². The monoisotopic (exact) mass is 254 g/mol. The summed E-state index contributed by atoms with van der Waals surface area (Å²) < 4.78 is 0. The predicted octanol–water partition coefficient (Wildman–Crippen LogP) is 2.14. The first-order chi connectivity index (χ1) is 8.58. The molecular formula is C15H30N2O. The summed E-state index contributed by atoms with van der Waals surface area (Å²) >= 11 is 0. The maximum atomic E-state index is 9.70. The number of aliphatic hydroxyl groups is 1. The van der Waals surface area contributed by atoms with Gasteiger partial charge in [-0.1, -0.05) is 6.92 Å². The van der Waals surface area contributed by atoms with Gasteiger partial charge in [0, 0.05) is 23.7 Å². The largest absolute Gasteiger partial charge is 0.394 e. The van der Waals surface area contributed by atoms with E-state index in [1.807, 2.05) is 0 Å². The molecular weight excluding hydrogens is 224 g/mol. The molecule has 0 amide bonds. The lowest BCUT2D eigenvalue weighted by molar-refractivity contribution is 0.105. The number of rotatable bonds is 7. The highest BCUT2D eigenvalue weighted by atomic mass is 16.3. The first-order valence-electron chi connectivity index (χ1n) is 7.72. The van der Waals surface area contributed by atoms with E-state index in [-0.39, 0.29) is 12.1 Å². The van der Waals surface area contributed by atoms with Gasteiger partial charge in [0.1, 0.15) is 0 Å². The quantitative estimate of drug-likeness (QED) is 0.731. The molecule has 106 valence electrons. The standard InChI is InChI=1S/C15H30N2O/c1-4-14-6-5-9-17(14)12(2)10-15(3,11-18)16-13-7-8-13/h12-14,16,18H,4-11H2,1-3H3. The molecule has 2 fully saturated rings. The molecule has 1 aliphatic heterocycles. The molecule has 0 spiro atoms. The molecule has 0 radical (unpaired) electrons. The van der Waals surface area contributed by atoms with E-state index in [4.69, 9.17) is 0 Å². The maximum Gasteiger partial charge on any atom is 0.0611 e. The molecule has 3 heteroatoms. The highest BCUT2D eigenvalue weighted by Gasteiger charge is 2.36. The van der Waals surface area contributed by atoms with Gasteiger partial charge in [0.2, 0.25) is 0 Å². The van der Waals surface area contributed by atoms with Gasteiger partial charge >= 0.3 is 0 Å². The summed E-state index contributed by atoms with van der Waals surface area (Å²) in [4.78, 5) is 2.66. The molecule has 0 aromatic heterocycles. The van der Waals surface area contributed by atoms with Crippen LogP contribution in [0.15, 0.2) is 0 Å². The molecule has 1 heterocycles. The highest BCUT2D eigenvalue weighted by molar-refractivity contribution is 4.95.